The van der Waals surface area contributed by atoms with Crippen LogP contribution in [-0.2, 0) is 11.2 Å². The van der Waals surface area contributed by atoms with E-state index in [0.29, 0.717) is 5.69 Å². The smallest absolute Gasteiger partial charge is 0.223 e. The highest BCUT2D eigenvalue weighted by Gasteiger charge is 2.13. The molecule has 1 aromatic heterocycles. The fraction of sp³-hybridized carbons (Fsp3) is 0.111. The standard InChI is InChI=1S/C18H17N3O/c1-13-7-9-15(10-8-13)21-12-16(14-5-3-2-4-6-14)17(20-21)11-18(19)22/h2-10,12H,11H2,1H3,(H2,19,22). The number of aromatic nitrogens is 2. The number of aryl methyl sites for hydroxylation is 1. The van der Waals surface area contributed by atoms with Crippen LogP contribution in [0.2, 0.25) is 0 Å². The quantitative estimate of drug-likeness (QED) is 0.803. The zero-order chi connectivity index (χ0) is 15.5. The number of benzene rings is 2. The van der Waals surface area contributed by atoms with Gasteiger partial charge in [-0.3, -0.25) is 4.79 Å². The van der Waals surface area contributed by atoms with Gasteiger partial charge in [0.1, 0.15) is 0 Å². The van der Waals surface area contributed by atoms with E-state index in [-0.39, 0.29) is 12.3 Å². The molecule has 3 aromatic rings. The molecule has 0 unspecified atom stereocenters. The minimum Gasteiger partial charge on any atom is -0.369 e. The number of carbonyl (C=O) groups excluding carboxylic acids is 1. The number of nitrogens with two attached hydrogens (primary N) is 1. The molecule has 0 saturated heterocycles. The Morgan fingerprint density at radius 2 is 1.77 bits per heavy atom. The van der Waals surface area contributed by atoms with E-state index in [9.17, 15) is 4.79 Å². The van der Waals surface area contributed by atoms with Gasteiger partial charge in [-0.2, -0.15) is 5.10 Å². The van der Waals surface area contributed by atoms with Crippen LogP contribution in [0.3, 0.4) is 0 Å². The fourth-order valence-corrected chi connectivity index (χ4v) is 2.39. The second-order valence-electron chi connectivity index (χ2n) is 5.28. The first kappa shape index (κ1) is 14.1. The zero-order valence-corrected chi connectivity index (χ0v) is 12.4. The Morgan fingerprint density at radius 1 is 1.09 bits per heavy atom. The molecule has 1 amide bonds. The first-order valence-corrected chi connectivity index (χ1v) is 7.13. The molecule has 0 saturated carbocycles. The Balaban J connectivity index is 2.08. The number of rotatable bonds is 4. The van der Waals surface area contributed by atoms with Gasteiger partial charge in [0.15, 0.2) is 0 Å². The third-order valence-corrected chi connectivity index (χ3v) is 3.52. The summed E-state index contributed by atoms with van der Waals surface area (Å²) in [5, 5.41) is 4.54. The highest BCUT2D eigenvalue weighted by molar-refractivity contribution is 5.79. The lowest BCUT2D eigenvalue weighted by molar-refractivity contribution is -0.117. The van der Waals surface area contributed by atoms with E-state index in [1.807, 2.05) is 67.7 Å². The van der Waals surface area contributed by atoms with Gasteiger partial charge in [0, 0.05) is 11.8 Å². The number of hydrogen-bond donors (Lipinski definition) is 1. The molecule has 22 heavy (non-hydrogen) atoms. The molecule has 2 aromatic carbocycles. The highest BCUT2D eigenvalue weighted by atomic mass is 16.1. The van der Waals surface area contributed by atoms with Gasteiger partial charge in [-0.1, -0.05) is 48.0 Å². The van der Waals surface area contributed by atoms with Crippen molar-refractivity contribution in [1.29, 1.82) is 0 Å². The Kier molecular flexibility index (Phi) is 3.74. The maximum Gasteiger partial charge on any atom is 0.223 e. The first-order chi connectivity index (χ1) is 10.6. The van der Waals surface area contributed by atoms with E-state index in [1.54, 1.807) is 4.68 Å². The van der Waals surface area contributed by atoms with E-state index in [4.69, 9.17) is 5.73 Å². The second kappa shape index (κ2) is 5.85. The van der Waals surface area contributed by atoms with Crippen LogP contribution in [0.15, 0.2) is 60.8 Å². The molecule has 0 aliphatic heterocycles. The summed E-state index contributed by atoms with van der Waals surface area (Å²) in [5.41, 5.74) is 10.1. The normalized spacial score (nSPS) is 10.6. The number of primary amides is 1. The summed E-state index contributed by atoms with van der Waals surface area (Å²) < 4.78 is 1.79. The topological polar surface area (TPSA) is 60.9 Å². The van der Waals surface area contributed by atoms with Crippen LogP contribution in [0.1, 0.15) is 11.3 Å². The SMILES string of the molecule is Cc1ccc(-n2cc(-c3ccccc3)c(CC(N)=O)n2)cc1. The van der Waals surface area contributed by atoms with Crippen LogP contribution in [0.5, 0.6) is 0 Å². The van der Waals surface area contributed by atoms with Crippen molar-refractivity contribution in [3.8, 4) is 16.8 Å². The average Bonchev–Trinajstić information content (AvgIpc) is 2.92. The van der Waals surface area contributed by atoms with Gasteiger partial charge in [-0.25, -0.2) is 4.68 Å². The molecule has 4 nitrogen and oxygen atoms in total. The summed E-state index contributed by atoms with van der Waals surface area (Å²) in [5.74, 6) is -0.383. The molecule has 0 bridgehead atoms. The van der Waals surface area contributed by atoms with Crippen molar-refractivity contribution in [2.75, 3.05) is 0 Å². The molecule has 4 heteroatoms. The molecule has 0 radical (unpaired) electrons. The number of amides is 1. The van der Waals surface area contributed by atoms with Crippen LogP contribution in [0.4, 0.5) is 0 Å². The summed E-state index contributed by atoms with van der Waals surface area (Å²) in [6, 6.07) is 18.0. The molecule has 1 heterocycles. The third-order valence-electron chi connectivity index (χ3n) is 3.52. The number of carbonyl (C=O) groups is 1. The molecular formula is C18H17N3O. The third kappa shape index (κ3) is 2.91. The van der Waals surface area contributed by atoms with Crippen LogP contribution in [0, 0.1) is 6.92 Å². The predicted molar refractivity (Wildman–Crippen MR) is 86.6 cm³/mol. The van der Waals surface area contributed by atoms with E-state index in [2.05, 4.69) is 5.10 Å². The van der Waals surface area contributed by atoms with Crippen LogP contribution >= 0.6 is 0 Å². The van der Waals surface area contributed by atoms with Crippen LogP contribution in [-0.4, -0.2) is 15.7 Å². The maximum atomic E-state index is 11.3. The summed E-state index contributed by atoms with van der Waals surface area (Å²) >= 11 is 0. The van der Waals surface area contributed by atoms with Crippen molar-refractivity contribution in [2.45, 2.75) is 13.3 Å². The summed E-state index contributed by atoms with van der Waals surface area (Å²) in [6.07, 6.45) is 2.07. The lowest BCUT2D eigenvalue weighted by atomic mass is 10.1. The zero-order valence-electron chi connectivity index (χ0n) is 12.4. The van der Waals surface area contributed by atoms with Gasteiger partial charge in [-0.05, 0) is 24.6 Å². The van der Waals surface area contributed by atoms with Crippen LogP contribution < -0.4 is 5.73 Å². The highest BCUT2D eigenvalue weighted by Crippen LogP contribution is 2.24. The lowest BCUT2D eigenvalue weighted by Crippen LogP contribution is -2.14. The number of hydrogen-bond acceptors (Lipinski definition) is 2. The van der Waals surface area contributed by atoms with Crippen molar-refractivity contribution in [2.24, 2.45) is 5.73 Å². The first-order valence-electron chi connectivity index (χ1n) is 7.13. The maximum absolute atomic E-state index is 11.3. The molecule has 110 valence electrons. The van der Waals surface area contributed by atoms with Gasteiger partial charge in [0.05, 0.1) is 17.8 Å². The van der Waals surface area contributed by atoms with Gasteiger partial charge < -0.3 is 5.73 Å². The minimum absolute atomic E-state index is 0.128. The Hall–Kier alpha value is -2.88. The predicted octanol–water partition coefficient (Wildman–Crippen LogP) is 2.88. The Morgan fingerprint density at radius 3 is 2.41 bits per heavy atom. The van der Waals surface area contributed by atoms with Crippen molar-refractivity contribution in [3.05, 3.63) is 72.1 Å². The number of nitrogens with zero attached hydrogens (tertiary/aromatic N) is 2. The molecular weight excluding hydrogens is 274 g/mol. The molecule has 0 aliphatic rings. The Labute approximate surface area is 129 Å². The second-order valence-corrected chi connectivity index (χ2v) is 5.28. The fourth-order valence-electron chi connectivity index (χ4n) is 2.39. The largest absolute Gasteiger partial charge is 0.369 e. The Bertz CT molecular complexity index is 789. The van der Waals surface area contributed by atoms with Crippen LogP contribution in [0.25, 0.3) is 16.8 Å². The van der Waals surface area contributed by atoms with E-state index in [1.165, 1.54) is 5.56 Å². The van der Waals surface area contributed by atoms with E-state index < -0.39 is 0 Å². The molecule has 0 spiro atoms. The van der Waals surface area contributed by atoms with Gasteiger partial charge >= 0.3 is 0 Å². The monoisotopic (exact) mass is 291 g/mol. The molecule has 3 rings (SSSR count). The van der Waals surface area contributed by atoms with Gasteiger partial charge in [-0.15, -0.1) is 0 Å². The summed E-state index contributed by atoms with van der Waals surface area (Å²) in [4.78, 5) is 11.3. The molecule has 0 atom stereocenters. The average molecular weight is 291 g/mol. The van der Waals surface area contributed by atoms with E-state index in [0.717, 1.165) is 16.8 Å². The summed E-state index contributed by atoms with van der Waals surface area (Å²) in [6.45, 7) is 2.04. The minimum atomic E-state index is -0.383. The molecule has 0 aliphatic carbocycles. The molecule has 2 N–H and O–H groups in total. The van der Waals surface area contributed by atoms with Crippen molar-refractivity contribution in [3.63, 3.8) is 0 Å². The van der Waals surface area contributed by atoms with E-state index >= 15 is 0 Å². The van der Waals surface area contributed by atoms with Gasteiger partial charge in [0.25, 0.3) is 0 Å². The summed E-state index contributed by atoms with van der Waals surface area (Å²) in [7, 11) is 0. The van der Waals surface area contributed by atoms with Crippen molar-refractivity contribution < 1.29 is 4.79 Å². The lowest BCUT2D eigenvalue weighted by Gasteiger charge is -2.01. The van der Waals surface area contributed by atoms with Crippen molar-refractivity contribution >= 4 is 5.91 Å². The molecule has 0 fully saturated rings. The van der Waals surface area contributed by atoms with Crippen molar-refractivity contribution in [1.82, 2.24) is 9.78 Å². The van der Waals surface area contributed by atoms with Gasteiger partial charge in [0.2, 0.25) is 5.91 Å².